The summed E-state index contributed by atoms with van der Waals surface area (Å²) in [5.74, 6) is -0.925. The molecule has 0 aromatic heterocycles. The minimum absolute atomic E-state index is 0.199. The highest BCUT2D eigenvalue weighted by molar-refractivity contribution is 5.97. The molecule has 1 amide bonds. The van der Waals surface area contributed by atoms with Crippen LogP contribution in [-0.4, -0.2) is 23.2 Å². The summed E-state index contributed by atoms with van der Waals surface area (Å²) in [6, 6.07) is 12.4. The summed E-state index contributed by atoms with van der Waals surface area (Å²) >= 11 is 0. The normalized spacial score (nSPS) is 13.0. The van der Waals surface area contributed by atoms with E-state index in [1.807, 2.05) is 6.07 Å². The van der Waals surface area contributed by atoms with E-state index in [4.69, 9.17) is 10.5 Å². The molecular weight excluding hydrogens is 373 g/mol. The third-order valence-corrected chi connectivity index (χ3v) is 3.84. The molecule has 6 nitrogen and oxygen atoms in total. The van der Waals surface area contributed by atoms with Gasteiger partial charge >= 0.3 is 6.18 Å². The Morgan fingerprint density at radius 3 is 2.21 bits per heavy atom. The zero-order chi connectivity index (χ0) is 20.9. The van der Waals surface area contributed by atoms with E-state index in [2.05, 4.69) is 10.6 Å². The summed E-state index contributed by atoms with van der Waals surface area (Å²) in [7, 11) is 0. The lowest BCUT2D eigenvalue weighted by molar-refractivity contribution is -0.137. The monoisotopic (exact) mass is 388 g/mol. The maximum absolute atomic E-state index is 13.0. The molecule has 0 saturated heterocycles. The number of carbonyl (C=O) groups is 1. The predicted molar refractivity (Wildman–Crippen MR) is 95.1 cm³/mol. The van der Waals surface area contributed by atoms with Crippen LogP contribution < -0.4 is 10.6 Å². The van der Waals surface area contributed by atoms with Gasteiger partial charge in [-0.3, -0.25) is 4.79 Å². The number of rotatable bonds is 5. The first-order valence-electron chi connectivity index (χ1n) is 7.96. The van der Waals surface area contributed by atoms with Crippen LogP contribution in [0, 0.1) is 22.7 Å². The van der Waals surface area contributed by atoms with Gasteiger partial charge in [-0.15, -0.1) is 0 Å². The third kappa shape index (κ3) is 5.00. The van der Waals surface area contributed by atoms with Crippen molar-refractivity contribution in [3.05, 3.63) is 59.2 Å². The van der Waals surface area contributed by atoms with Crippen LogP contribution in [0.3, 0.4) is 0 Å². The van der Waals surface area contributed by atoms with Gasteiger partial charge in [0.25, 0.3) is 5.91 Å². The van der Waals surface area contributed by atoms with Crippen molar-refractivity contribution >= 4 is 17.3 Å². The number of nitrogens with zero attached hydrogens (tertiary/aromatic N) is 2. The van der Waals surface area contributed by atoms with Crippen molar-refractivity contribution in [1.29, 1.82) is 10.5 Å². The van der Waals surface area contributed by atoms with Crippen LogP contribution in [0.15, 0.2) is 42.5 Å². The van der Waals surface area contributed by atoms with Crippen molar-refractivity contribution in [2.75, 3.05) is 17.2 Å². The first kappa shape index (κ1) is 20.7. The summed E-state index contributed by atoms with van der Waals surface area (Å²) in [4.78, 5) is 12.3. The van der Waals surface area contributed by atoms with Crippen LogP contribution >= 0.6 is 0 Å². The largest absolute Gasteiger partial charge is 0.417 e. The maximum Gasteiger partial charge on any atom is 0.417 e. The van der Waals surface area contributed by atoms with Crippen molar-refractivity contribution in [1.82, 2.24) is 0 Å². The molecule has 0 bridgehead atoms. The van der Waals surface area contributed by atoms with Gasteiger partial charge in [0.2, 0.25) is 0 Å². The zero-order valence-corrected chi connectivity index (χ0v) is 14.6. The summed E-state index contributed by atoms with van der Waals surface area (Å²) in [6.45, 7) is 0.973. The van der Waals surface area contributed by atoms with Gasteiger partial charge in [-0.25, -0.2) is 0 Å². The van der Waals surface area contributed by atoms with E-state index in [-0.39, 0.29) is 12.2 Å². The highest BCUT2D eigenvalue weighted by atomic mass is 19.4. The Kier molecular flexibility index (Phi) is 5.92. The number of hydrogen-bond acceptors (Lipinski definition) is 5. The molecule has 0 heterocycles. The fraction of sp³-hybridized carbons (Fsp3) is 0.211. The summed E-state index contributed by atoms with van der Waals surface area (Å²) in [5, 5.41) is 32.9. The molecule has 0 saturated carbocycles. The Bertz CT molecular complexity index is 955. The first-order chi connectivity index (χ1) is 13.1. The number of nitriles is 2. The van der Waals surface area contributed by atoms with Crippen molar-refractivity contribution in [2.45, 2.75) is 18.7 Å². The average Bonchev–Trinajstić information content (AvgIpc) is 2.66. The molecule has 3 N–H and O–H groups in total. The van der Waals surface area contributed by atoms with Crippen LogP contribution in [0.4, 0.5) is 24.5 Å². The van der Waals surface area contributed by atoms with Gasteiger partial charge < -0.3 is 15.7 Å². The highest BCUT2D eigenvalue weighted by Gasteiger charge is 2.35. The van der Waals surface area contributed by atoms with E-state index >= 15 is 0 Å². The molecule has 28 heavy (non-hydrogen) atoms. The fourth-order valence-electron chi connectivity index (χ4n) is 2.24. The number of anilines is 2. The van der Waals surface area contributed by atoms with E-state index in [1.165, 1.54) is 13.0 Å². The molecule has 1 atom stereocenters. The molecule has 0 radical (unpaired) electrons. The summed E-state index contributed by atoms with van der Waals surface area (Å²) in [5.41, 5.74) is -2.90. The zero-order valence-electron chi connectivity index (χ0n) is 14.6. The van der Waals surface area contributed by atoms with Gasteiger partial charge in [0.1, 0.15) is 0 Å². The quantitative estimate of drug-likeness (QED) is 0.729. The molecule has 0 spiro atoms. The lowest BCUT2D eigenvalue weighted by Gasteiger charge is -2.23. The number of carbonyl (C=O) groups excluding carboxylic acids is 1. The van der Waals surface area contributed by atoms with Gasteiger partial charge in [-0.05, 0) is 49.4 Å². The van der Waals surface area contributed by atoms with Crippen LogP contribution in [0.5, 0.6) is 0 Å². The third-order valence-electron chi connectivity index (χ3n) is 3.84. The average molecular weight is 388 g/mol. The second-order valence-corrected chi connectivity index (χ2v) is 6.14. The van der Waals surface area contributed by atoms with Crippen LogP contribution in [0.25, 0.3) is 0 Å². The Morgan fingerprint density at radius 1 is 1.07 bits per heavy atom. The Labute approximate surface area is 158 Å². The van der Waals surface area contributed by atoms with Gasteiger partial charge in [0.15, 0.2) is 5.60 Å². The fourth-order valence-corrected chi connectivity index (χ4v) is 2.24. The van der Waals surface area contributed by atoms with Gasteiger partial charge in [-0.2, -0.15) is 23.7 Å². The van der Waals surface area contributed by atoms with Crippen LogP contribution in [0.1, 0.15) is 23.6 Å². The Balaban J connectivity index is 2.10. The SMILES string of the molecule is CC(O)(CNc1ccc(C#N)cc1)C(=O)Nc1ccc(C#N)c(C(F)(F)F)c1. The number of aliphatic hydroxyl groups is 1. The minimum Gasteiger partial charge on any atom is -0.382 e. The number of hydrogen-bond donors (Lipinski definition) is 3. The number of alkyl halides is 3. The molecule has 2 aromatic rings. The topological polar surface area (TPSA) is 109 Å². The minimum atomic E-state index is -4.76. The lowest BCUT2D eigenvalue weighted by atomic mass is 10.0. The van der Waals surface area contributed by atoms with Crippen molar-refractivity contribution in [3.63, 3.8) is 0 Å². The van der Waals surface area contributed by atoms with Gasteiger partial charge in [0, 0.05) is 11.4 Å². The number of benzene rings is 2. The maximum atomic E-state index is 13.0. The predicted octanol–water partition coefficient (Wildman–Crippen LogP) is 3.25. The Hall–Kier alpha value is -3.56. The molecular formula is C19H15F3N4O2. The van der Waals surface area contributed by atoms with Crippen molar-refractivity contribution in [2.24, 2.45) is 0 Å². The molecule has 0 fully saturated rings. The molecule has 2 rings (SSSR count). The molecule has 0 aliphatic carbocycles. The molecule has 0 aliphatic heterocycles. The lowest BCUT2D eigenvalue weighted by Crippen LogP contribution is -2.45. The Morgan fingerprint density at radius 2 is 1.68 bits per heavy atom. The molecule has 2 aromatic carbocycles. The second kappa shape index (κ2) is 7.99. The van der Waals surface area contributed by atoms with E-state index in [1.54, 1.807) is 24.3 Å². The molecule has 9 heteroatoms. The van der Waals surface area contributed by atoms with E-state index in [0.29, 0.717) is 17.3 Å². The van der Waals surface area contributed by atoms with E-state index in [0.717, 1.165) is 12.1 Å². The van der Waals surface area contributed by atoms with Crippen LogP contribution in [0.2, 0.25) is 0 Å². The number of amides is 1. The second-order valence-electron chi connectivity index (χ2n) is 6.14. The first-order valence-corrected chi connectivity index (χ1v) is 7.96. The molecule has 0 aliphatic rings. The standard InChI is InChI=1S/C19H15F3N4O2/c1-18(28,11-25-14-5-2-12(9-23)3-6-14)17(27)26-15-7-4-13(10-24)16(8-15)19(20,21)22/h2-8,25,28H,11H2,1H3,(H,26,27). The number of nitrogens with one attached hydrogen (secondary N) is 2. The smallest absolute Gasteiger partial charge is 0.382 e. The molecule has 1 unspecified atom stereocenters. The molecule has 144 valence electrons. The van der Waals surface area contributed by atoms with Crippen molar-refractivity contribution in [3.8, 4) is 12.1 Å². The van der Waals surface area contributed by atoms with Crippen molar-refractivity contribution < 1.29 is 23.1 Å². The van der Waals surface area contributed by atoms with E-state index < -0.39 is 28.8 Å². The summed E-state index contributed by atoms with van der Waals surface area (Å²) < 4.78 is 39.0. The van der Waals surface area contributed by atoms with Gasteiger partial charge in [0.05, 0.1) is 35.4 Å². The van der Waals surface area contributed by atoms with E-state index in [9.17, 15) is 23.1 Å². The highest BCUT2D eigenvalue weighted by Crippen LogP contribution is 2.33. The van der Waals surface area contributed by atoms with Crippen LogP contribution in [-0.2, 0) is 11.0 Å². The van der Waals surface area contributed by atoms with Gasteiger partial charge in [-0.1, -0.05) is 0 Å². The number of halogens is 3. The summed E-state index contributed by atoms with van der Waals surface area (Å²) in [6.07, 6.45) is -4.76.